The standard InChI is InChI=1S/C5H10O.Na.H2O4S.H/c1-2-3-4-5-6;;1-5(2,3)4;/h2,6H,1,3-5H2;;(H2,1,2,3,4);. The Bertz CT molecular complexity index is 168. The Morgan fingerprint density at radius 3 is 1.75 bits per heavy atom. The van der Waals surface area contributed by atoms with Gasteiger partial charge in [-0.3, -0.25) is 9.11 Å². The molecule has 0 amide bonds. The van der Waals surface area contributed by atoms with E-state index in [0.29, 0.717) is 0 Å². The summed E-state index contributed by atoms with van der Waals surface area (Å²) in [7, 11) is -4.67. The predicted molar refractivity (Wildman–Crippen MR) is 47.8 cm³/mol. The van der Waals surface area contributed by atoms with Crippen molar-refractivity contribution in [3.05, 3.63) is 12.7 Å². The molecular formula is C5H13NaO5S. The number of aliphatic hydroxyl groups is 1. The van der Waals surface area contributed by atoms with Gasteiger partial charge in [-0.1, -0.05) is 6.08 Å². The number of rotatable bonds is 3. The van der Waals surface area contributed by atoms with Gasteiger partial charge < -0.3 is 5.11 Å². The molecule has 12 heavy (non-hydrogen) atoms. The predicted octanol–water partition coefficient (Wildman–Crippen LogP) is -0.356. The van der Waals surface area contributed by atoms with Crippen LogP contribution in [-0.2, 0) is 10.4 Å². The molecule has 0 aromatic heterocycles. The Hall–Kier alpha value is 0.570. The van der Waals surface area contributed by atoms with Crippen molar-refractivity contribution >= 4 is 40.0 Å². The molecule has 0 bridgehead atoms. The molecule has 5 nitrogen and oxygen atoms in total. The second kappa shape index (κ2) is 11.6. The minimum absolute atomic E-state index is 0. The van der Waals surface area contributed by atoms with E-state index in [-0.39, 0.29) is 36.2 Å². The normalized spacial score (nSPS) is 8.92. The summed E-state index contributed by atoms with van der Waals surface area (Å²) in [5, 5.41) is 8.15. The summed E-state index contributed by atoms with van der Waals surface area (Å²) < 4.78 is 31.6. The van der Waals surface area contributed by atoms with Crippen molar-refractivity contribution in [1.29, 1.82) is 0 Å². The number of allylic oxidation sites excluding steroid dienone is 1. The third-order valence-corrected chi connectivity index (χ3v) is 0.566. The first-order valence-corrected chi connectivity index (χ1v) is 4.23. The first-order chi connectivity index (χ1) is 4.91. The Kier molecular flexibility index (Phi) is 17.7. The van der Waals surface area contributed by atoms with Crippen LogP contribution in [0.15, 0.2) is 12.7 Å². The van der Waals surface area contributed by atoms with Crippen LogP contribution in [0, 0.1) is 0 Å². The summed E-state index contributed by atoms with van der Waals surface area (Å²) in [5.74, 6) is 0. The molecule has 0 rings (SSSR count). The third-order valence-electron chi connectivity index (χ3n) is 0.566. The first-order valence-electron chi connectivity index (χ1n) is 2.83. The number of hydrogen-bond donors (Lipinski definition) is 3. The van der Waals surface area contributed by atoms with Crippen LogP contribution in [0.2, 0.25) is 0 Å². The molecule has 0 heterocycles. The second-order valence-corrected chi connectivity index (χ2v) is 2.50. The van der Waals surface area contributed by atoms with E-state index in [4.69, 9.17) is 22.6 Å². The van der Waals surface area contributed by atoms with Crippen molar-refractivity contribution in [3.63, 3.8) is 0 Å². The monoisotopic (exact) mass is 208 g/mol. The van der Waals surface area contributed by atoms with Crippen molar-refractivity contribution in [2.24, 2.45) is 0 Å². The van der Waals surface area contributed by atoms with Crippen molar-refractivity contribution in [1.82, 2.24) is 0 Å². The summed E-state index contributed by atoms with van der Waals surface area (Å²) in [6, 6.07) is 0. The molecule has 0 saturated heterocycles. The summed E-state index contributed by atoms with van der Waals surface area (Å²) in [6.45, 7) is 3.77. The second-order valence-electron chi connectivity index (χ2n) is 1.60. The van der Waals surface area contributed by atoms with Gasteiger partial charge in [0.15, 0.2) is 0 Å². The molecule has 0 aliphatic heterocycles. The van der Waals surface area contributed by atoms with E-state index >= 15 is 0 Å². The van der Waals surface area contributed by atoms with Crippen molar-refractivity contribution < 1.29 is 22.6 Å². The van der Waals surface area contributed by atoms with E-state index in [0.717, 1.165) is 12.8 Å². The average molecular weight is 208 g/mol. The molecule has 0 radical (unpaired) electrons. The molecule has 0 spiro atoms. The maximum absolute atomic E-state index is 8.74. The third kappa shape index (κ3) is 76.0. The van der Waals surface area contributed by atoms with Crippen LogP contribution in [-0.4, -0.2) is 58.8 Å². The van der Waals surface area contributed by atoms with Gasteiger partial charge in [0.2, 0.25) is 0 Å². The topological polar surface area (TPSA) is 94.8 Å². The molecule has 0 saturated carbocycles. The van der Waals surface area contributed by atoms with E-state index in [1.54, 1.807) is 6.08 Å². The summed E-state index contributed by atoms with van der Waals surface area (Å²) in [6.07, 6.45) is 3.58. The van der Waals surface area contributed by atoms with E-state index < -0.39 is 10.4 Å². The fraction of sp³-hybridized carbons (Fsp3) is 0.600. The van der Waals surface area contributed by atoms with Gasteiger partial charge >= 0.3 is 40.0 Å². The van der Waals surface area contributed by atoms with Crippen LogP contribution in [0.4, 0.5) is 0 Å². The molecule has 70 valence electrons. The molecular weight excluding hydrogens is 195 g/mol. The molecule has 3 N–H and O–H groups in total. The SMILES string of the molecule is C=CCCCO.O=S(=O)(O)O.[NaH]. The molecule has 0 aliphatic carbocycles. The number of unbranched alkanes of at least 4 members (excludes halogenated alkanes) is 1. The van der Waals surface area contributed by atoms with Gasteiger partial charge in [0.05, 0.1) is 0 Å². The van der Waals surface area contributed by atoms with Crippen LogP contribution < -0.4 is 0 Å². The fourth-order valence-corrected chi connectivity index (χ4v) is 0.236. The zero-order valence-electron chi connectivity index (χ0n) is 5.97. The molecule has 0 atom stereocenters. The Balaban J connectivity index is -0.000000126. The number of hydrogen-bond acceptors (Lipinski definition) is 3. The molecule has 0 aromatic rings. The van der Waals surface area contributed by atoms with Gasteiger partial charge in [-0.15, -0.1) is 6.58 Å². The Labute approximate surface area is 94.4 Å². The molecule has 0 unspecified atom stereocenters. The Morgan fingerprint density at radius 1 is 1.33 bits per heavy atom. The van der Waals surface area contributed by atoms with Gasteiger partial charge in [0, 0.05) is 6.61 Å². The first kappa shape index (κ1) is 18.4. The van der Waals surface area contributed by atoms with Crippen LogP contribution in [0.1, 0.15) is 12.8 Å². The van der Waals surface area contributed by atoms with Gasteiger partial charge in [0.25, 0.3) is 0 Å². The van der Waals surface area contributed by atoms with Gasteiger partial charge in [-0.05, 0) is 12.8 Å². The van der Waals surface area contributed by atoms with E-state index in [1.807, 2.05) is 0 Å². The summed E-state index contributed by atoms with van der Waals surface area (Å²) in [5.41, 5.74) is 0. The van der Waals surface area contributed by atoms with Gasteiger partial charge in [-0.2, -0.15) is 8.42 Å². The fourth-order valence-electron chi connectivity index (χ4n) is 0.236. The maximum atomic E-state index is 8.74. The van der Waals surface area contributed by atoms with Crippen molar-refractivity contribution in [3.8, 4) is 0 Å². The summed E-state index contributed by atoms with van der Waals surface area (Å²) in [4.78, 5) is 0. The molecule has 0 aromatic carbocycles. The molecule has 0 aliphatic rings. The van der Waals surface area contributed by atoms with Crippen LogP contribution in [0.25, 0.3) is 0 Å². The van der Waals surface area contributed by atoms with Crippen LogP contribution in [0.5, 0.6) is 0 Å². The molecule has 7 heteroatoms. The molecule has 0 fully saturated rings. The zero-order valence-corrected chi connectivity index (χ0v) is 6.79. The van der Waals surface area contributed by atoms with Gasteiger partial charge in [-0.25, -0.2) is 0 Å². The van der Waals surface area contributed by atoms with E-state index in [9.17, 15) is 0 Å². The van der Waals surface area contributed by atoms with E-state index in [1.165, 1.54) is 0 Å². The van der Waals surface area contributed by atoms with Crippen LogP contribution in [0.3, 0.4) is 0 Å². The van der Waals surface area contributed by atoms with Crippen molar-refractivity contribution in [2.75, 3.05) is 6.61 Å². The van der Waals surface area contributed by atoms with Gasteiger partial charge in [0.1, 0.15) is 0 Å². The van der Waals surface area contributed by atoms with E-state index in [2.05, 4.69) is 6.58 Å². The minimum atomic E-state index is -4.67. The zero-order chi connectivity index (χ0) is 9.33. The van der Waals surface area contributed by atoms with Crippen molar-refractivity contribution in [2.45, 2.75) is 12.8 Å². The number of aliphatic hydroxyl groups excluding tert-OH is 1. The quantitative estimate of drug-likeness (QED) is 0.255. The summed E-state index contributed by atoms with van der Waals surface area (Å²) >= 11 is 0. The van der Waals surface area contributed by atoms with Crippen LogP contribution >= 0.6 is 0 Å². The average Bonchev–Trinajstić information content (AvgIpc) is 1.79. The Morgan fingerprint density at radius 2 is 1.67 bits per heavy atom.